The molecule has 5 rings (SSSR count). The monoisotopic (exact) mass is 786 g/mol. The lowest BCUT2D eigenvalue weighted by Gasteiger charge is -2.21. The van der Waals surface area contributed by atoms with E-state index in [1.54, 1.807) is 24.3 Å². The van der Waals surface area contributed by atoms with Crippen molar-refractivity contribution in [3.05, 3.63) is 98.6 Å². The average Bonchev–Trinajstić information content (AvgIpc) is 2.79. The largest absolute Gasteiger partial charge is 0.449 e. The van der Waals surface area contributed by atoms with Crippen LogP contribution >= 0.6 is 110 Å². The maximum atomic E-state index is 5.91. The first-order valence-electron chi connectivity index (χ1n) is 9.38. The Morgan fingerprint density at radius 1 is 0.471 bits per heavy atom. The van der Waals surface area contributed by atoms with Gasteiger partial charge < -0.3 is 9.47 Å². The fourth-order valence-corrected chi connectivity index (χ4v) is 5.30. The van der Waals surface area contributed by atoms with E-state index in [-0.39, 0.29) is 0 Å². The summed E-state index contributed by atoms with van der Waals surface area (Å²) < 4.78 is 15.5. The van der Waals surface area contributed by atoms with E-state index in [0.717, 1.165) is 29.0 Å². The molecule has 0 radical (unpaired) electrons. The second-order valence-corrected chi connectivity index (χ2v) is 11.8. The first kappa shape index (κ1) is 26.6. The summed E-state index contributed by atoms with van der Waals surface area (Å²) in [6, 6.07) is 18.6. The van der Waals surface area contributed by atoms with Crippen LogP contribution in [0.1, 0.15) is 0 Å². The van der Waals surface area contributed by atoms with Crippen LogP contribution in [0.4, 0.5) is 0 Å². The third-order valence-electron chi connectivity index (χ3n) is 4.61. The van der Waals surface area contributed by atoms with Crippen molar-refractivity contribution in [2.24, 2.45) is 0 Å². The Labute approximate surface area is 250 Å². The van der Waals surface area contributed by atoms with Gasteiger partial charge in [0.1, 0.15) is 0 Å². The van der Waals surface area contributed by atoms with Crippen molar-refractivity contribution in [1.82, 2.24) is 0 Å². The summed E-state index contributed by atoms with van der Waals surface area (Å²) in [5.74, 6) is 1.93. The van der Waals surface area contributed by atoms with Crippen LogP contribution in [0.2, 0.25) is 20.1 Å². The zero-order chi connectivity index (χ0) is 24.6. The van der Waals surface area contributed by atoms with Crippen LogP contribution in [0.5, 0.6) is 23.0 Å². The molecular formula is C24H10Br4Cl4O2. The van der Waals surface area contributed by atoms with E-state index in [1.807, 2.05) is 24.3 Å². The molecule has 0 unspecified atom stereocenters. The van der Waals surface area contributed by atoms with Crippen molar-refractivity contribution >= 4 is 110 Å². The molecule has 10 heteroatoms. The maximum Gasteiger partial charge on any atom is 0.171 e. The molecule has 34 heavy (non-hydrogen) atoms. The topological polar surface area (TPSA) is 18.5 Å². The number of ether oxygens (including phenoxy) is 2. The van der Waals surface area contributed by atoms with Crippen molar-refractivity contribution in [2.45, 2.75) is 0 Å². The van der Waals surface area contributed by atoms with E-state index in [2.05, 4.69) is 75.9 Å². The van der Waals surface area contributed by atoms with Gasteiger partial charge in [-0.05, 0) is 87.0 Å². The number of halogens is 8. The fourth-order valence-electron chi connectivity index (χ4n) is 3.00. The Morgan fingerprint density at radius 2 is 0.765 bits per heavy atom. The van der Waals surface area contributed by atoms with Crippen molar-refractivity contribution < 1.29 is 9.47 Å². The normalized spacial score (nSPS) is 11.4. The Balaban J connectivity index is 0.000000162. The van der Waals surface area contributed by atoms with Gasteiger partial charge in [-0.3, -0.25) is 0 Å². The highest BCUT2D eigenvalue weighted by Gasteiger charge is 2.22. The molecule has 4 aromatic rings. The summed E-state index contributed by atoms with van der Waals surface area (Å²) in [6.07, 6.45) is 0. The van der Waals surface area contributed by atoms with E-state index in [4.69, 9.17) is 55.9 Å². The van der Waals surface area contributed by atoms with Crippen molar-refractivity contribution in [2.75, 3.05) is 0 Å². The molecule has 0 saturated carbocycles. The summed E-state index contributed by atoms with van der Waals surface area (Å²) >= 11 is 37.9. The number of rotatable bonds is 1. The van der Waals surface area contributed by atoms with E-state index < -0.39 is 0 Å². The predicted molar refractivity (Wildman–Crippen MR) is 156 cm³/mol. The second kappa shape index (κ2) is 11.3. The van der Waals surface area contributed by atoms with Crippen molar-refractivity contribution in [3.63, 3.8) is 0 Å². The highest BCUT2D eigenvalue weighted by molar-refractivity contribution is 9.13. The first-order valence-corrected chi connectivity index (χ1v) is 14.1. The molecule has 1 aliphatic heterocycles. The van der Waals surface area contributed by atoms with Gasteiger partial charge >= 0.3 is 0 Å². The van der Waals surface area contributed by atoms with Gasteiger partial charge in [0.05, 0.1) is 20.1 Å². The van der Waals surface area contributed by atoms with Crippen LogP contribution in [-0.4, -0.2) is 0 Å². The van der Waals surface area contributed by atoms with Crippen LogP contribution < -0.4 is 9.47 Å². The van der Waals surface area contributed by atoms with Crippen LogP contribution in [0.25, 0.3) is 11.1 Å². The van der Waals surface area contributed by atoms with Crippen LogP contribution in [0, 0.1) is 0 Å². The van der Waals surface area contributed by atoms with Crippen molar-refractivity contribution in [1.29, 1.82) is 0 Å². The summed E-state index contributed by atoms with van der Waals surface area (Å²) in [7, 11) is 0. The molecule has 2 nitrogen and oxygen atoms in total. The molecular weight excluding hydrogens is 782 g/mol. The number of fused-ring (bicyclic) bond motifs is 2. The van der Waals surface area contributed by atoms with E-state index in [9.17, 15) is 0 Å². The smallest absolute Gasteiger partial charge is 0.171 e. The van der Waals surface area contributed by atoms with Gasteiger partial charge in [0, 0.05) is 42.2 Å². The van der Waals surface area contributed by atoms with E-state index >= 15 is 0 Å². The Morgan fingerprint density at radius 3 is 1.06 bits per heavy atom. The minimum Gasteiger partial charge on any atom is -0.449 e. The minimum absolute atomic E-state index is 0.391. The molecule has 0 aromatic heterocycles. The first-order chi connectivity index (χ1) is 16.2. The Hall–Kier alpha value is -0.440. The third kappa shape index (κ3) is 5.76. The summed E-state index contributed by atoms with van der Waals surface area (Å²) in [4.78, 5) is 0. The molecule has 0 atom stereocenters. The minimum atomic E-state index is 0.391. The molecule has 0 amide bonds. The van der Waals surface area contributed by atoms with E-state index in [1.165, 1.54) is 0 Å². The molecule has 1 heterocycles. The fraction of sp³-hybridized carbons (Fsp3) is 0. The molecule has 174 valence electrons. The van der Waals surface area contributed by atoms with E-state index in [0.29, 0.717) is 43.1 Å². The van der Waals surface area contributed by atoms with Crippen molar-refractivity contribution in [3.8, 4) is 34.1 Å². The molecule has 0 fully saturated rings. The highest BCUT2D eigenvalue weighted by Crippen LogP contribution is 2.49. The lowest BCUT2D eigenvalue weighted by Crippen LogP contribution is -1.99. The third-order valence-corrected chi connectivity index (χ3v) is 10.1. The zero-order valence-corrected chi connectivity index (χ0v) is 26.0. The van der Waals surface area contributed by atoms with Gasteiger partial charge in [-0.25, -0.2) is 0 Å². The lowest BCUT2D eigenvalue weighted by atomic mass is 10.1. The summed E-state index contributed by atoms with van der Waals surface area (Å²) in [5.41, 5.74) is 2.31. The molecule has 0 spiro atoms. The molecule has 0 saturated heterocycles. The number of hydrogen-bond donors (Lipinski definition) is 0. The van der Waals surface area contributed by atoms with Crippen LogP contribution in [-0.2, 0) is 0 Å². The zero-order valence-electron chi connectivity index (χ0n) is 16.6. The SMILES string of the molecule is Brc1cccc(-c2cccc(Br)c2Br)c1Br.Clc1cc2c(cc1Cl)Oc1cc(Cl)c(Cl)cc1O2. The maximum absolute atomic E-state index is 5.91. The van der Waals surface area contributed by atoms with Gasteiger partial charge in [-0.1, -0.05) is 70.7 Å². The molecule has 0 N–H and O–H groups in total. The highest BCUT2D eigenvalue weighted by atomic mass is 79.9. The summed E-state index contributed by atoms with van der Waals surface area (Å²) in [6.45, 7) is 0. The van der Waals surface area contributed by atoms with Gasteiger partial charge in [0.25, 0.3) is 0 Å². The molecule has 0 bridgehead atoms. The van der Waals surface area contributed by atoms with Gasteiger partial charge in [0.2, 0.25) is 0 Å². The quantitative estimate of drug-likeness (QED) is 0.168. The average molecular weight is 792 g/mol. The van der Waals surface area contributed by atoms with Gasteiger partial charge in [-0.15, -0.1) is 0 Å². The summed E-state index contributed by atoms with van der Waals surface area (Å²) in [5, 5.41) is 1.56. The predicted octanol–water partition coefficient (Wildman–Crippen LogP) is 12.6. The Bertz CT molecular complexity index is 1250. The molecule has 1 aliphatic rings. The van der Waals surface area contributed by atoms with Gasteiger partial charge in [0.15, 0.2) is 23.0 Å². The second-order valence-electron chi connectivity index (χ2n) is 6.83. The standard InChI is InChI=1S/C12H6Br4.C12H4Cl4O2/c13-9-5-1-3-7(11(9)15)8-4-2-6-10(14)12(8)16;13-5-1-9-10(2-6(5)14)18-12-4-8(16)7(15)3-11(12)17-9/h1-6H;1-4H. The lowest BCUT2D eigenvalue weighted by molar-refractivity contribution is 0.359. The number of hydrogen-bond acceptors (Lipinski definition) is 2. The van der Waals surface area contributed by atoms with Crippen LogP contribution in [0.15, 0.2) is 78.6 Å². The Kier molecular flexibility index (Phi) is 8.85. The molecule has 0 aliphatic carbocycles. The molecule has 4 aromatic carbocycles. The number of benzene rings is 4. The van der Waals surface area contributed by atoms with Gasteiger partial charge in [-0.2, -0.15) is 0 Å². The van der Waals surface area contributed by atoms with Crippen LogP contribution in [0.3, 0.4) is 0 Å².